The van der Waals surface area contributed by atoms with Crippen molar-refractivity contribution in [2.24, 2.45) is 0 Å². The van der Waals surface area contributed by atoms with E-state index in [-0.39, 0.29) is 0 Å². The molecular formula is C13H19NO. The van der Waals surface area contributed by atoms with Crippen molar-refractivity contribution >= 4 is 12.2 Å². The predicted octanol–water partition coefficient (Wildman–Crippen LogP) is 3.92. The Kier molecular flexibility index (Phi) is 4.22. The maximum atomic E-state index is 9.33. The fourth-order valence-corrected chi connectivity index (χ4v) is 1.65. The minimum atomic E-state index is 0.345. The van der Waals surface area contributed by atoms with Gasteiger partial charge in [0.1, 0.15) is 0 Å². The lowest BCUT2D eigenvalue weighted by atomic mass is 10.1. The van der Waals surface area contributed by atoms with Gasteiger partial charge in [-0.05, 0) is 38.0 Å². The summed E-state index contributed by atoms with van der Waals surface area (Å²) in [6, 6.07) is 0. The zero-order valence-corrected chi connectivity index (χ0v) is 9.67. The van der Waals surface area contributed by atoms with E-state index in [0.29, 0.717) is 5.76 Å². The average Bonchev–Trinajstić information content (AvgIpc) is 2.51. The molecule has 0 aliphatic carbocycles. The third kappa shape index (κ3) is 3.01. The molecule has 0 bridgehead atoms. The summed E-state index contributed by atoms with van der Waals surface area (Å²) < 4.78 is 0. The Morgan fingerprint density at radius 1 is 1.53 bits per heavy atom. The molecule has 0 saturated carbocycles. The Morgan fingerprint density at radius 3 is 2.80 bits per heavy atom. The molecule has 0 aliphatic rings. The number of aryl methyl sites for hydroxylation is 1. The second-order valence-electron chi connectivity index (χ2n) is 3.68. The summed E-state index contributed by atoms with van der Waals surface area (Å²) in [4.78, 5) is 3.22. The minimum absolute atomic E-state index is 0.345. The Balaban J connectivity index is 3.13. The normalized spacial score (nSPS) is 12.6. The standard InChI is InChI=1S/C13H19NO/c1-4-6-11-9-14-13(7-5-2)12(11)8-10(3)15/h5,7-9,14-15H,4,6H2,1-3H3/b7-5-,10-8+. The first-order valence-electron chi connectivity index (χ1n) is 5.39. The van der Waals surface area contributed by atoms with Gasteiger partial charge < -0.3 is 10.1 Å². The highest BCUT2D eigenvalue weighted by molar-refractivity contribution is 5.66. The molecule has 1 rings (SSSR count). The SMILES string of the molecule is C/C=C\c1[nH]cc(CCC)c1/C=C(\C)O. The molecule has 0 aromatic carbocycles. The van der Waals surface area contributed by atoms with Crippen molar-refractivity contribution in [1.29, 1.82) is 0 Å². The van der Waals surface area contributed by atoms with Crippen molar-refractivity contribution in [2.45, 2.75) is 33.6 Å². The highest BCUT2D eigenvalue weighted by Gasteiger charge is 2.06. The predicted molar refractivity (Wildman–Crippen MR) is 65.8 cm³/mol. The first-order chi connectivity index (χ1) is 7.19. The van der Waals surface area contributed by atoms with Crippen LogP contribution in [0, 0.1) is 0 Å². The van der Waals surface area contributed by atoms with Crippen LogP contribution in [0.4, 0.5) is 0 Å². The molecule has 0 unspecified atom stereocenters. The van der Waals surface area contributed by atoms with Crippen LogP contribution in [-0.2, 0) is 6.42 Å². The number of rotatable bonds is 4. The summed E-state index contributed by atoms with van der Waals surface area (Å²) in [6.07, 6.45) is 10.00. The molecule has 0 amide bonds. The van der Waals surface area contributed by atoms with Crippen molar-refractivity contribution in [3.05, 3.63) is 34.9 Å². The number of H-pyrrole nitrogens is 1. The van der Waals surface area contributed by atoms with Crippen molar-refractivity contribution in [2.75, 3.05) is 0 Å². The first kappa shape index (κ1) is 11.6. The van der Waals surface area contributed by atoms with E-state index in [4.69, 9.17) is 0 Å². The van der Waals surface area contributed by atoms with E-state index in [9.17, 15) is 5.11 Å². The molecule has 1 aromatic rings. The Bertz CT molecular complexity index is 368. The quantitative estimate of drug-likeness (QED) is 0.718. The molecule has 1 heterocycles. The summed E-state index contributed by atoms with van der Waals surface area (Å²) in [6.45, 7) is 5.84. The summed E-state index contributed by atoms with van der Waals surface area (Å²) in [5.74, 6) is 0.345. The lowest BCUT2D eigenvalue weighted by molar-refractivity contribution is 0.420. The molecule has 0 atom stereocenters. The molecule has 0 radical (unpaired) electrons. The maximum Gasteiger partial charge on any atom is 0.0898 e. The lowest BCUT2D eigenvalue weighted by Gasteiger charge is -1.99. The molecule has 0 aliphatic heterocycles. The van der Waals surface area contributed by atoms with Gasteiger partial charge in [0.05, 0.1) is 5.76 Å². The molecule has 0 fully saturated rings. The van der Waals surface area contributed by atoms with Gasteiger partial charge in [-0.1, -0.05) is 19.4 Å². The van der Waals surface area contributed by atoms with Gasteiger partial charge in [0.15, 0.2) is 0 Å². The molecule has 0 spiro atoms. The highest BCUT2D eigenvalue weighted by atomic mass is 16.3. The van der Waals surface area contributed by atoms with E-state index >= 15 is 0 Å². The van der Waals surface area contributed by atoms with Crippen LogP contribution in [-0.4, -0.2) is 10.1 Å². The zero-order valence-electron chi connectivity index (χ0n) is 9.67. The molecule has 2 heteroatoms. The van der Waals surface area contributed by atoms with Gasteiger partial charge in [-0.3, -0.25) is 0 Å². The molecule has 1 aromatic heterocycles. The topological polar surface area (TPSA) is 36.0 Å². The minimum Gasteiger partial charge on any atom is -0.513 e. The van der Waals surface area contributed by atoms with Crippen LogP contribution in [0.1, 0.15) is 44.0 Å². The van der Waals surface area contributed by atoms with Gasteiger partial charge in [0.25, 0.3) is 0 Å². The monoisotopic (exact) mass is 205 g/mol. The largest absolute Gasteiger partial charge is 0.513 e. The summed E-state index contributed by atoms with van der Waals surface area (Å²) in [5, 5.41) is 9.33. The van der Waals surface area contributed by atoms with E-state index in [1.54, 1.807) is 6.92 Å². The molecule has 82 valence electrons. The summed E-state index contributed by atoms with van der Waals surface area (Å²) >= 11 is 0. The van der Waals surface area contributed by atoms with Crippen molar-refractivity contribution < 1.29 is 5.11 Å². The van der Waals surface area contributed by atoms with Gasteiger partial charge >= 0.3 is 0 Å². The molecular weight excluding hydrogens is 186 g/mol. The second-order valence-corrected chi connectivity index (χ2v) is 3.68. The fourth-order valence-electron chi connectivity index (χ4n) is 1.65. The molecule has 15 heavy (non-hydrogen) atoms. The summed E-state index contributed by atoms with van der Waals surface area (Å²) in [5.41, 5.74) is 3.43. The van der Waals surface area contributed by atoms with Gasteiger partial charge in [-0.15, -0.1) is 0 Å². The van der Waals surface area contributed by atoms with Gasteiger partial charge in [-0.2, -0.15) is 0 Å². The van der Waals surface area contributed by atoms with Crippen LogP contribution in [0.5, 0.6) is 0 Å². The highest BCUT2D eigenvalue weighted by Crippen LogP contribution is 2.20. The van der Waals surface area contributed by atoms with E-state index in [2.05, 4.69) is 11.9 Å². The molecule has 0 saturated heterocycles. The molecule has 2 N–H and O–H groups in total. The van der Waals surface area contributed by atoms with Crippen molar-refractivity contribution in [3.8, 4) is 0 Å². The number of aromatic nitrogens is 1. The van der Waals surface area contributed by atoms with Crippen LogP contribution < -0.4 is 0 Å². The Morgan fingerprint density at radius 2 is 2.27 bits per heavy atom. The van der Waals surface area contributed by atoms with Crippen LogP contribution in [0.15, 0.2) is 18.0 Å². The van der Waals surface area contributed by atoms with Crippen molar-refractivity contribution in [1.82, 2.24) is 4.98 Å². The van der Waals surface area contributed by atoms with E-state index < -0.39 is 0 Å². The number of hydrogen-bond donors (Lipinski definition) is 2. The van der Waals surface area contributed by atoms with Crippen LogP contribution >= 0.6 is 0 Å². The maximum absolute atomic E-state index is 9.33. The number of aromatic amines is 1. The van der Waals surface area contributed by atoms with E-state index in [0.717, 1.165) is 24.1 Å². The number of aliphatic hydroxyl groups excluding tert-OH is 1. The third-order valence-electron chi connectivity index (χ3n) is 2.24. The van der Waals surface area contributed by atoms with Crippen molar-refractivity contribution in [3.63, 3.8) is 0 Å². The van der Waals surface area contributed by atoms with E-state index in [1.807, 2.05) is 31.3 Å². The molecule has 2 nitrogen and oxygen atoms in total. The number of aliphatic hydroxyl groups is 1. The Labute approximate surface area is 91.3 Å². The van der Waals surface area contributed by atoms with Crippen LogP contribution in [0.2, 0.25) is 0 Å². The zero-order chi connectivity index (χ0) is 11.3. The Hall–Kier alpha value is -1.44. The fraction of sp³-hybridized carbons (Fsp3) is 0.385. The number of hydrogen-bond acceptors (Lipinski definition) is 1. The summed E-state index contributed by atoms with van der Waals surface area (Å²) in [7, 11) is 0. The number of allylic oxidation sites excluding steroid dienone is 2. The van der Waals surface area contributed by atoms with Gasteiger partial charge in [0.2, 0.25) is 0 Å². The van der Waals surface area contributed by atoms with Gasteiger partial charge in [0, 0.05) is 17.5 Å². The second kappa shape index (κ2) is 5.44. The van der Waals surface area contributed by atoms with Gasteiger partial charge in [-0.25, -0.2) is 0 Å². The first-order valence-corrected chi connectivity index (χ1v) is 5.39. The van der Waals surface area contributed by atoms with E-state index in [1.165, 1.54) is 5.56 Å². The third-order valence-corrected chi connectivity index (χ3v) is 2.24. The lowest BCUT2D eigenvalue weighted by Crippen LogP contribution is -1.85. The van der Waals surface area contributed by atoms with Crippen LogP contribution in [0.3, 0.4) is 0 Å². The van der Waals surface area contributed by atoms with Crippen LogP contribution in [0.25, 0.3) is 12.2 Å². The smallest absolute Gasteiger partial charge is 0.0898 e. The average molecular weight is 205 g/mol. The number of nitrogens with one attached hydrogen (secondary N) is 1.